The smallest absolute Gasteiger partial charge is 0.369 e. The van der Waals surface area contributed by atoms with Crippen molar-refractivity contribution in [2.24, 2.45) is 23.3 Å². The Kier molecular flexibility index (Phi) is 7.84. The molecule has 0 saturated heterocycles. The predicted molar refractivity (Wildman–Crippen MR) is 86.6 cm³/mol. The lowest BCUT2D eigenvalue weighted by atomic mass is 9.85. The Bertz CT molecular complexity index is 715. The highest BCUT2D eigenvalue weighted by Gasteiger charge is 2.73. The van der Waals surface area contributed by atoms with Crippen LogP contribution in [0, 0.1) is 72.5 Å². The van der Waals surface area contributed by atoms with Gasteiger partial charge in [0.05, 0.1) is 11.8 Å². The molecule has 0 aliphatic carbocycles. The van der Waals surface area contributed by atoms with E-state index in [0.717, 1.165) is 0 Å². The summed E-state index contributed by atoms with van der Waals surface area (Å²) in [7, 11) is 0. The third-order valence-corrected chi connectivity index (χ3v) is 4.17. The first-order chi connectivity index (χ1) is 14.0. The van der Waals surface area contributed by atoms with Gasteiger partial charge in [0.15, 0.2) is 42.4 Å². The number of hydrogen-bond donors (Lipinski definition) is 2. The first-order valence-electron chi connectivity index (χ1n) is 7.44. The number of primary amides is 2. The molecule has 0 aromatic rings. The van der Waals surface area contributed by atoms with Crippen LogP contribution in [-0.2, 0) is 9.59 Å². The first kappa shape index (κ1) is 26.3. The van der Waals surface area contributed by atoms with Crippen LogP contribution in [-0.4, -0.2) is 52.9 Å². The summed E-state index contributed by atoms with van der Waals surface area (Å²) in [5.74, 6) is -16.7. The molecule has 2 unspecified atom stereocenters. The van der Waals surface area contributed by atoms with E-state index in [9.17, 15) is 70.3 Å². The van der Waals surface area contributed by atoms with Crippen LogP contribution in [0.1, 0.15) is 19.3 Å². The van der Waals surface area contributed by atoms with Gasteiger partial charge in [0.2, 0.25) is 11.8 Å². The second-order valence-electron chi connectivity index (χ2n) is 5.93. The maximum atomic E-state index is 11.6. The third kappa shape index (κ3) is 4.85. The minimum absolute atomic E-state index is 1.38. The van der Waals surface area contributed by atoms with Crippen LogP contribution in [0.2, 0.25) is 0 Å². The van der Waals surface area contributed by atoms with E-state index in [1.807, 2.05) is 0 Å². The van der Waals surface area contributed by atoms with Gasteiger partial charge in [0.1, 0.15) is 0 Å². The van der Waals surface area contributed by atoms with Crippen molar-refractivity contribution in [3.63, 3.8) is 0 Å². The van der Waals surface area contributed by atoms with Gasteiger partial charge in [-0.05, 0) is 6.42 Å². The van der Waals surface area contributed by atoms with E-state index in [-0.39, 0.29) is 0 Å². The van der Waals surface area contributed by atoms with Gasteiger partial charge in [-0.1, -0.05) is 0 Å². The minimum atomic E-state index is -4.26. The van der Waals surface area contributed by atoms with E-state index in [4.69, 9.17) is 11.5 Å². The Morgan fingerprint density at radius 2 is 0.774 bits per heavy atom. The summed E-state index contributed by atoms with van der Waals surface area (Å²) < 4.78 is 0. The van der Waals surface area contributed by atoms with Gasteiger partial charge in [-0.2, -0.15) is 0 Å². The van der Waals surface area contributed by atoms with Crippen molar-refractivity contribution in [1.82, 2.24) is 0 Å². The zero-order chi connectivity index (χ0) is 24.9. The molecule has 0 fully saturated rings. The maximum Gasteiger partial charge on any atom is 0.700 e. The Morgan fingerprint density at radius 3 is 0.903 bits per heavy atom. The number of hydrogen-bond acceptors (Lipinski definition) is 14. The molecule has 0 bridgehead atoms. The zero-order valence-electron chi connectivity index (χ0n) is 14.8. The molecule has 2 amide bonds. The molecule has 0 aliphatic heterocycles. The fraction of sp³-hybridized carbons (Fsp3) is 0.778. The van der Waals surface area contributed by atoms with E-state index in [1.54, 1.807) is 0 Å². The summed E-state index contributed by atoms with van der Waals surface area (Å²) in [6.45, 7) is 0. The summed E-state index contributed by atoms with van der Waals surface area (Å²) >= 11 is 0. The van der Waals surface area contributed by atoms with Gasteiger partial charge in [-0.3, -0.25) is 70.3 Å². The number of nitro groups is 6. The Morgan fingerprint density at radius 1 is 0.581 bits per heavy atom. The second kappa shape index (κ2) is 9.23. The molecule has 2 atom stereocenters. The number of amides is 2. The van der Waals surface area contributed by atoms with Crippen molar-refractivity contribution in [1.29, 1.82) is 0 Å². The summed E-state index contributed by atoms with van der Waals surface area (Å²) in [4.78, 5) is 77.1. The summed E-state index contributed by atoms with van der Waals surface area (Å²) in [5.41, 5.74) is 9.75. The lowest BCUT2D eigenvalue weighted by molar-refractivity contribution is -0.971. The SMILES string of the molecule is NC(=O)C(CC(CC([N+](=O)[O-])([N+](=O)[O-])[N+](=O)[O-])C(N)=O)CC([N+](=O)[O-])([N+](=O)[O-])[N+](=O)[O-]. The highest BCUT2D eigenvalue weighted by atomic mass is 16.7. The summed E-state index contributed by atoms with van der Waals surface area (Å²) in [6, 6.07) is 0. The van der Waals surface area contributed by atoms with Crippen LogP contribution < -0.4 is 11.5 Å². The Hall–Kier alpha value is -4.66. The van der Waals surface area contributed by atoms with Gasteiger partial charge in [-0.15, -0.1) is 0 Å². The number of carbonyl (C=O) groups is 2. The molecule has 0 spiro atoms. The fourth-order valence-electron chi connectivity index (χ4n) is 2.45. The van der Waals surface area contributed by atoms with Crippen molar-refractivity contribution < 1.29 is 39.1 Å². The Balaban J connectivity index is 6.36. The third-order valence-electron chi connectivity index (χ3n) is 4.17. The van der Waals surface area contributed by atoms with E-state index < -0.39 is 84.0 Å². The monoisotopic (exact) mass is 456 g/mol. The van der Waals surface area contributed by atoms with Crippen molar-refractivity contribution in [3.05, 3.63) is 60.7 Å². The van der Waals surface area contributed by atoms with Crippen LogP contribution in [0.4, 0.5) is 0 Å². The van der Waals surface area contributed by atoms with E-state index in [2.05, 4.69) is 0 Å². The van der Waals surface area contributed by atoms with Crippen LogP contribution >= 0.6 is 0 Å². The second-order valence-corrected chi connectivity index (χ2v) is 5.93. The molecule has 0 aromatic carbocycles. The quantitative estimate of drug-likeness (QED) is 0.153. The lowest BCUT2D eigenvalue weighted by Gasteiger charge is -2.20. The first-order valence-corrected chi connectivity index (χ1v) is 7.44. The van der Waals surface area contributed by atoms with Gasteiger partial charge >= 0.3 is 11.6 Å². The minimum Gasteiger partial charge on any atom is -0.369 e. The number of carbonyl (C=O) groups excluding carboxylic acids is 2. The van der Waals surface area contributed by atoms with Gasteiger partial charge < -0.3 is 11.5 Å². The molecule has 31 heavy (non-hydrogen) atoms. The number of nitrogens with two attached hydrogens (primary N) is 2. The molecule has 0 rings (SSSR count). The lowest BCUT2D eigenvalue weighted by Crippen LogP contribution is -2.57. The average Bonchev–Trinajstić information content (AvgIpc) is 2.58. The van der Waals surface area contributed by atoms with Crippen molar-refractivity contribution in [3.8, 4) is 0 Å². The maximum absolute atomic E-state index is 11.6. The van der Waals surface area contributed by atoms with Crippen LogP contribution in [0.5, 0.6) is 0 Å². The standard InChI is InChI=1S/C9H12N8O14/c10-6(18)4(2-8(12(20)21,13(22)23)14(24)25)1-5(7(11)19)3-9(15(26)27,16(28)29)17(30)31/h4-5H,1-3H2,(H2,10,18)(H2,11,19). The Labute approximate surface area is 167 Å². The zero-order valence-corrected chi connectivity index (χ0v) is 14.8. The van der Waals surface area contributed by atoms with Gasteiger partial charge in [0.25, 0.3) is 0 Å². The molecule has 22 nitrogen and oxygen atoms in total. The highest BCUT2D eigenvalue weighted by molar-refractivity contribution is 5.80. The van der Waals surface area contributed by atoms with Crippen LogP contribution in [0.15, 0.2) is 0 Å². The van der Waals surface area contributed by atoms with Crippen LogP contribution in [0.3, 0.4) is 0 Å². The number of rotatable bonds is 14. The molecular weight excluding hydrogens is 444 g/mol. The predicted octanol–water partition coefficient (Wildman–Crippen LogP) is -2.67. The van der Waals surface area contributed by atoms with Crippen molar-refractivity contribution in [2.45, 2.75) is 30.8 Å². The molecule has 0 radical (unpaired) electrons. The summed E-state index contributed by atoms with van der Waals surface area (Å²) in [6.07, 6.45) is -5.18. The fourth-order valence-corrected chi connectivity index (χ4v) is 2.45. The van der Waals surface area contributed by atoms with E-state index >= 15 is 0 Å². The molecule has 0 heterocycles. The molecule has 0 saturated carbocycles. The average molecular weight is 456 g/mol. The summed E-state index contributed by atoms with van der Waals surface area (Å²) in [5, 5.41) is 65.9. The molecule has 0 aliphatic rings. The van der Waals surface area contributed by atoms with Crippen LogP contribution in [0.25, 0.3) is 0 Å². The molecule has 22 heteroatoms. The van der Waals surface area contributed by atoms with E-state index in [1.165, 1.54) is 0 Å². The molecule has 0 aromatic heterocycles. The molecule has 172 valence electrons. The molecule has 4 N–H and O–H groups in total. The van der Waals surface area contributed by atoms with Gasteiger partial charge in [-0.25, -0.2) is 0 Å². The largest absolute Gasteiger partial charge is 0.700 e. The normalized spacial score (nSPS) is 13.4. The number of nitrogens with zero attached hydrogens (tertiary/aromatic N) is 6. The van der Waals surface area contributed by atoms with Crippen molar-refractivity contribution >= 4 is 11.8 Å². The molecular formula is C9H12N8O14. The van der Waals surface area contributed by atoms with Gasteiger partial charge in [0, 0.05) is 0 Å². The van der Waals surface area contributed by atoms with Crippen molar-refractivity contribution in [2.75, 3.05) is 0 Å². The highest BCUT2D eigenvalue weighted by Crippen LogP contribution is 2.31. The van der Waals surface area contributed by atoms with E-state index in [0.29, 0.717) is 0 Å². The topological polar surface area (TPSA) is 345 Å².